The van der Waals surface area contributed by atoms with Crippen LogP contribution in [0.2, 0.25) is 0 Å². The first kappa shape index (κ1) is 10.7. The largest absolute Gasteiger partial charge is 0.319 e. The number of imidazole rings is 1. The minimum atomic E-state index is -0.345. The fourth-order valence-corrected chi connectivity index (χ4v) is 2.75. The lowest BCUT2D eigenvalue weighted by atomic mass is 9.82. The summed E-state index contributed by atoms with van der Waals surface area (Å²) >= 11 is 0. The van der Waals surface area contributed by atoms with E-state index in [0.29, 0.717) is 0 Å². The molecule has 0 atom stereocenters. The highest BCUT2D eigenvalue weighted by Gasteiger charge is 2.33. The summed E-state index contributed by atoms with van der Waals surface area (Å²) in [6.07, 6.45) is 8.88. The van der Waals surface area contributed by atoms with Gasteiger partial charge in [0.15, 0.2) is 0 Å². The van der Waals surface area contributed by atoms with Crippen molar-refractivity contribution in [3.63, 3.8) is 0 Å². The zero-order valence-corrected chi connectivity index (χ0v) is 9.69. The Labute approximate surface area is 99.5 Å². The quantitative estimate of drug-likeness (QED) is 0.822. The molecule has 2 aromatic heterocycles. The first-order valence-corrected chi connectivity index (χ1v) is 6.11. The molecule has 4 heteroatoms. The van der Waals surface area contributed by atoms with Gasteiger partial charge in [-0.3, -0.25) is 0 Å². The standard InChI is InChI=1S/C13H16FN3/c14-10-4-7-17-11(8-10)9-16-12(17)13(15)5-2-1-3-6-13/h4,7-9H,1-3,5-6,15H2. The fraction of sp³-hybridized carbons (Fsp3) is 0.462. The Morgan fingerprint density at radius 2 is 2.06 bits per heavy atom. The van der Waals surface area contributed by atoms with Crippen molar-refractivity contribution in [2.75, 3.05) is 0 Å². The Hall–Kier alpha value is -1.42. The lowest BCUT2D eigenvalue weighted by Crippen LogP contribution is -2.40. The summed E-state index contributed by atoms with van der Waals surface area (Å²) in [4.78, 5) is 4.40. The predicted octanol–water partition coefficient (Wildman–Crippen LogP) is 2.59. The molecule has 3 nitrogen and oxygen atoms in total. The Morgan fingerprint density at radius 1 is 1.29 bits per heavy atom. The number of pyridine rings is 1. The SMILES string of the molecule is NC1(c2ncc3cc(F)ccn23)CCCCC1. The Kier molecular flexibility index (Phi) is 2.40. The van der Waals surface area contributed by atoms with Gasteiger partial charge in [0.25, 0.3) is 0 Å². The minimum Gasteiger partial charge on any atom is -0.319 e. The van der Waals surface area contributed by atoms with E-state index in [0.717, 1.165) is 37.0 Å². The summed E-state index contributed by atoms with van der Waals surface area (Å²) in [7, 11) is 0. The molecule has 1 saturated carbocycles. The van der Waals surface area contributed by atoms with Gasteiger partial charge >= 0.3 is 0 Å². The molecule has 90 valence electrons. The van der Waals surface area contributed by atoms with Gasteiger partial charge in [-0.05, 0) is 25.0 Å². The number of halogens is 1. The van der Waals surface area contributed by atoms with E-state index in [1.165, 1.54) is 18.6 Å². The molecule has 17 heavy (non-hydrogen) atoms. The third kappa shape index (κ3) is 1.72. The predicted molar refractivity (Wildman–Crippen MR) is 64.1 cm³/mol. The Bertz CT molecular complexity index is 541. The highest BCUT2D eigenvalue weighted by atomic mass is 19.1. The molecule has 3 rings (SSSR count). The van der Waals surface area contributed by atoms with Crippen LogP contribution in [0.4, 0.5) is 4.39 Å². The van der Waals surface area contributed by atoms with Crippen molar-refractivity contribution < 1.29 is 4.39 Å². The number of hydrogen-bond donors (Lipinski definition) is 1. The summed E-state index contributed by atoms with van der Waals surface area (Å²) in [5, 5.41) is 0. The van der Waals surface area contributed by atoms with Gasteiger partial charge < -0.3 is 10.1 Å². The second-order valence-corrected chi connectivity index (χ2v) is 4.94. The van der Waals surface area contributed by atoms with Gasteiger partial charge in [-0.25, -0.2) is 9.37 Å². The van der Waals surface area contributed by atoms with E-state index in [1.54, 1.807) is 12.4 Å². The van der Waals surface area contributed by atoms with Crippen LogP contribution in [0.3, 0.4) is 0 Å². The van der Waals surface area contributed by atoms with Gasteiger partial charge in [0, 0.05) is 6.20 Å². The van der Waals surface area contributed by atoms with Crippen LogP contribution in [0.25, 0.3) is 5.52 Å². The number of fused-ring (bicyclic) bond motifs is 1. The van der Waals surface area contributed by atoms with Crippen LogP contribution in [-0.2, 0) is 5.54 Å². The average molecular weight is 233 g/mol. The normalized spacial score (nSPS) is 19.6. The lowest BCUT2D eigenvalue weighted by molar-refractivity contribution is 0.286. The summed E-state index contributed by atoms with van der Waals surface area (Å²) in [5.74, 6) is 0.630. The number of nitrogens with two attached hydrogens (primary N) is 1. The zero-order valence-electron chi connectivity index (χ0n) is 9.69. The maximum atomic E-state index is 13.1. The molecule has 2 heterocycles. The van der Waals surface area contributed by atoms with Crippen LogP contribution in [0.15, 0.2) is 24.5 Å². The molecule has 0 amide bonds. The molecule has 0 aromatic carbocycles. The summed E-state index contributed by atoms with van der Waals surface area (Å²) in [6.45, 7) is 0. The average Bonchev–Trinajstić information content (AvgIpc) is 2.73. The van der Waals surface area contributed by atoms with Gasteiger partial charge in [-0.15, -0.1) is 0 Å². The van der Waals surface area contributed by atoms with Gasteiger partial charge in [0.2, 0.25) is 0 Å². The van der Waals surface area contributed by atoms with Crippen molar-refractivity contribution in [1.29, 1.82) is 0 Å². The van der Waals surface area contributed by atoms with Gasteiger partial charge in [-0.2, -0.15) is 0 Å². The third-order valence-electron chi connectivity index (χ3n) is 3.69. The molecule has 2 aromatic rings. The maximum Gasteiger partial charge on any atom is 0.133 e. The Morgan fingerprint density at radius 3 is 2.82 bits per heavy atom. The number of nitrogens with zero attached hydrogens (tertiary/aromatic N) is 2. The molecule has 1 fully saturated rings. The van der Waals surface area contributed by atoms with E-state index in [9.17, 15) is 4.39 Å². The summed E-state index contributed by atoms with van der Waals surface area (Å²) in [6, 6.07) is 2.94. The van der Waals surface area contributed by atoms with Crippen molar-refractivity contribution in [1.82, 2.24) is 9.38 Å². The molecular formula is C13H16FN3. The lowest BCUT2D eigenvalue weighted by Gasteiger charge is -2.32. The Balaban J connectivity index is 2.10. The second kappa shape index (κ2) is 3.81. The van der Waals surface area contributed by atoms with E-state index >= 15 is 0 Å². The number of rotatable bonds is 1. The van der Waals surface area contributed by atoms with Crippen LogP contribution < -0.4 is 5.73 Å². The smallest absolute Gasteiger partial charge is 0.133 e. The highest BCUT2D eigenvalue weighted by molar-refractivity contribution is 5.47. The molecule has 0 aliphatic heterocycles. The topological polar surface area (TPSA) is 43.3 Å². The van der Waals surface area contributed by atoms with Crippen LogP contribution in [0, 0.1) is 5.82 Å². The van der Waals surface area contributed by atoms with E-state index in [-0.39, 0.29) is 11.4 Å². The molecular weight excluding hydrogens is 217 g/mol. The van der Waals surface area contributed by atoms with E-state index in [2.05, 4.69) is 4.98 Å². The number of aromatic nitrogens is 2. The number of hydrogen-bond acceptors (Lipinski definition) is 2. The monoisotopic (exact) mass is 233 g/mol. The van der Waals surface area contributed by atoms with Crippen molar-refractivity contribution >= 4 is 5.52 Å². The minimum absolute atomic E-state index is 0.237. The van der Waals surface area contributed by atoms with Crippen molar-refractivity contribution in [3.05, 3.63) is 36.2 Å². The van der Waals surface area contributed by atoms with Gasteiger partial charge in [0.1, 0.15) is 11.6 Å². The van der Waals surface area contributed by atoms with Crippen LogP contribution >= 0.6 is 0 Å². The van der Waals surface area contributed by atoms with E-state index < -0.39 is 0 Å². The molecule has 2 N–H and O–H groups in total. The molecule has 0 radical (unpaired) electrons. The van der Waals surface area contributed by atoms with Crippen molar-refractivity contribution in [2.45, 2.75) is 37.6 Å². The summed E-state index contributed by atoms with van der Waals surface area (Å²) < 4.78 is 15.0. The van der Waals surface area contributed by atoms with E-state index in [1.807, 2.05) is 4.40 Å². The molecule has 0 unspecified atom stereocenters. The van der Waals surface area contributed by atoms with Crippen LogP contribution in [-0.4, -0.2) is 9.38 Å². The van der Waals surface area contributed by atoms with Crippen LogP contribution in [0.5, 0.6) is 0 Å². The first-order chi connectivity index (χ1) is 8.19. The first-order valence-electron chi connectivity index (χ1n) is 6.11. The molecule has 0 spiro atoms. The summed E-state index contributed by atoms with van der Waals surface area (Å²) in [5.41, 5.74) is 6.88. The van der Waals surface area contributed by atoms with E-state index in [4.69, 9.17) is 5.73 Å². The maximum absolute atomic E-state index is 13.1. The van der Waals surface area contributed by atoms with Gasteiger partial charge in [-0.1, -0.05) is 19.3 Å². The second-order valence-electron chi connectivity index (χ2n) is 4.94. The van der Waals surface area contributed by atoms with Crippen molar-refractivity contribution in [2.24, 2.45) is 5.73 Å². The molecule has 1 aliphatic carbocycles. The van der Waals surface area contributed by atoms with Crippen LogP contribution in [0.1, 0.15) is 37.9 Å². The fourth-order valence-electron chi connectivity index (χ4n) is 2.75. The highest BCUT2D eigenvalue weighted by Crippen LogP contribution is 2.34. The third-order valence-corrected chi connectivity index (χ3v) is 3.69. The molecule has 0 bridgehead atoms. The molecule has 0 saturated heterocycles. The molecule has 1 aliphatic rings. The van der Waals surface area contributed by atoms with Crippen molar-refractivity contribution in [3.8, 4) is 0 Å². The van der Waals surface area contributed by atoms with Gasteiger partial charge in [0.05, 0.1) is 17.3 Å². The zero-order chi connectivity index (χ0) is 11.9.